The van der Waals surface area contributed by atoms with Gasteiger partial charge in [-0.3, -0.25) is 14.7 Å². The first-order chi connectivity index (χ1) is 12.3. The lowest BCUT2D eigenvalue weighted by molar-refractivity contribution is -0.0305. The molecule has 6 nitrogen and oxygen atoms in total. The third-order valence-corrected chi connectivity index (χ3v) is 4.84. The highest BCUT2D eigenvalue weighted by Gasteiger charge is 2.47. The lowest BCUT2D eigenvalue weighted by Gasteiger charge is -2.25. The number of carbonyl (C=O) groups excluding carboxylic acids is 1. The van der Waals surface area contributed by atoms with E-state index in [1.807, 2.05) is 0 Å². The first-order valence-electron chi connectivity index (χ1n) is 7.85. The van der Waals surface area contributed by atoms with Crippen LogP contribution in [0.5, 0.6) is 0 Å². The number of fused-ring (bicyclic) bond motifs is 1. The minimum absolute atomic E-state index is 0.282. The van der Waals surface area contributed by atoms with Crippen molar-refractivity contribution < 1.29 is 18.7 Å². The van der Waals surface area contributed by atoms with E-state index in [0.29, 0.717) is 20.9 Å². The van der Waals surface area contributed by atoms with Crippen LogP contribution in [0.3, 0.4) is 0 Å². The Bertz CT molecular complexity index is 887. The number of alkyl halides is 2. The maximum absolute atomic E-state index is 13.5. The lowest BCUT2D eigenvalue weighted by Crippen LogP contribution is -2.46. The van der Waals surface area contributed by atoms with E-state index in [0.717, 1.165) is 4.90 Å². The third kappa shape index (κ3) is 3.67. The van der Waals surface area contributed by atoms with Crippen LogP contribution in [0.25, 0.3) is 10.9 Å². The molecule has 1 aromatic carbocycles. The van der Waals surface area contributed by atoms with Gasteiger partial charge >= 0.3 is 0 Å². The molecule has 2 atom stereocenters. The molecule has 1 saturated heterocycles. The number of nitrogens with zero attached hydrogens (tertiary/aromatic N) is 3. The first-order valence-corrected chi connectivity index (χ1v) is 8.64. The van der Waals surface area contributed by atoms with Crippen LogP contribution in [0.15, 0.2) is 34.9 Å². The predicted molar refractivity (Wildman–Crippen MR) is 93.5 cm³/mol. The van der Waals surface area contributed by atoms with Gasteiger partial charge in [0.25, 0.3) is 11.8 Å². The Balaban J connectivity index is 1.74. The van der Waals surface area contributed by atoms with Crippen molar-refractivity contribution in [2.45, 2.75) is 24.6 Å². The Kier molecular flexibility index (Phi) is 5.18. The van der Waals surface area contributed by atoms with Crippen LogP contribution < -0.4 is 5.32 Å². The third-order valence-electron chi connectivity index (χ3n) is 4.24. The Labute approximate surface area is 156 Å². The topological polar surface area (TPSA) is 89.3 Å². The molecule has 1 aliphatic rings. The molecule has 0 saturated carbocycles. The Hall–Kier alpha value is -2.15. The molecule has 136 valence electrons. The minimum Gasteiger partial charge on any atom is -0.376 e. The molecule has 0 spiro atoms. The smallest absolute Gasteiger partial charge is 0.263 e. The van der Waals surface area contributed by atoms with Gasteiger partial charge in [0.05, 0.1) is 30.2 Å². The number of aliphatic hydroxyl groups is 1. The molecule has 0 unspecified atom stereocenters. The second kappa shape index (κ2) is 7.23. The summed E-state index contributed by atoms with van der Waals surface area (Å²) in [5.74, 6) is -3.51. The number of nitriles is 1. The van der Waals surface area contributed by atoms with Crippen molar-refractivity contribution in [2.75, 3.05) is 13.1 Å². The summed E-state index contributed by atoms with van der Waals surface area (Å²) >= 11 is 3.29. The van der Waals surface area contributed by atoms with Crippen molar-refractivity contribution in [3.05, 3.63) is 40.5 Å². The van der Waals surface area contributed by atoms with Crippen LogP contribution in [0.1, 0.15) is 16.8 Å². The Morgan fingerprint density at radius 1 is 1.54 bits per heavy atom. The molecule has 0 radical (unpaired) electrons. The normalized spacial score (nSPS) is 20.7. The van der Waals surface area contributed by atoms with E-state index < -0.39 is 37.1 Å². The summed E-state index contributed by atoms with van der Waals surface area (Å²) in [5.41, 5.74) is 0.969. The zero-order valence-corrected chi connectivity index (χ0v) is 15.1. The largest absolute Gasteiger partial charge is 0.376 e. The number of likely N-dealkylation sites (tertiary alicyclic amines) is 1. The minimum atomic E-state index is -3.03. The molecular weight excluding hydrogens is 410 g/mol. The summed E-state index contributed by atoms with van der Waals surface area (Å²) < 4.78 is 27.4. The van der Waals surface area contributed by atoms with Crippen LogP contribution in [0.2, 0.25) is 0 Å². The number of pyridine rings is 1. The number of hydrogen-bond acceptors (Lipinski definition) is 5. The second-order valence-corrected chi connectivity index (χ2v) is 6.92. The van der Waals surface area contributed by atoms with E-state index in [-0.39, 0.29) is 6.54 Å². The second-order valence-electron chi connectivity index (χ2n) is 6.07. The summed E-state index contributed by atoms with van der Waals surface area (Å²) in [7, 11) is 0. The van der Waals surface area contributed by atoms with Gasteiger partial charge in [-0.25, -0.2) is 8.78 Å². The zero-order chi connectivity index (χ0) is 18.9. The van der Waals surface area contributed by atoms with Crippen molar-refractivity contribution in [1.29, 1.82) is 5.26 Å². The van der Waals surface area contributed by atoms with E-state index >= 15 is 0 Å². The highest BCUT2D eigenvalue weighted by atomic mass is 79.9. The number of aliphatic hydroxyl groups excluding tert-OH is 1. The summed E-state index contributed by atoms with van der Waals surface area (Å²) in [6.07, 6.45) is -0.515. The molecule has 2 N–H and O–H groups in total. The molecule has 0 aliphatic carbocycles. The summed E-state index contributed by atoms with van der Waals surface area (Å²) in [6.45, 7) is -1.000. The van der Waals surface area contributed by atoms with Crippen molar-refractivity contribution in [3.8, 4) is 6.07 Å². The first kappa shape index (κ1) is 18.6. The van der Waals surface area contributed by atoms with Crippen LogP contribution in [0.4, 0.5) is 8.78 Å². The Morgan fingerprint density at radius 2 is 2.27 bits per heavy atom. The van der Waals surface area contributed by atoms with Crippen LogP contribution >= 0.6 is 15.9 Å². The number of benzene rings is 1. The molecule has 9 heteroatoms. The fraction of sp³-hybridized carbons (Fsp3) is 0.353. The number of carbonyl (C=O) groups is 1. The number of aromatic nitrogens is 1. The number of rotatable bonds is 4. The van der Waals surface area contributed by atoms with Crippen molar-refractivity contribution in [3.63, 3.8) is 0 Å². The number of para-hydroxylation sites is 1. The van der Waals surface area contributed by atoms with Gasteiger partial charge in [0.1, 0.15) is 12.3 Å². The van der Waals surface area contributed by atoms with E-state index in [4.69, 9.17) is 5.26 Å². The van der Waals surface area contributed by atoms with Crippen molar-refractivity contribution >= 4 is 32.7 Å². The van der Waals surface area contributed by atoms with E-state index in [1.165, 1.54) is 6.20 Å². The average Bonchev–Trinajstić information content (AvgIpc) is 2.94. The molecule has 1 amide bonds. The van der Waals surface area contributed by atoms with E-state index in [9.17, 15) is 18.7 Å². The van der Waals surface area contributed by atoms with Gasteiger partial charge in [-0.2, -0.15) is 5.26 Å². The summed E-state index contributed by atoms with van der Waals surface area (Å²) in [6, 6.07) is 7.74. The fourth-order valence-corrected chi connectivity index (χ4v) is 3.51. The average molecular weight is 425 g/mol. The van der Waals surface area contributed by atoms with Gasteiger partial charge in [-0.15, -0.1) is 0 Å². The van der Waals surface area contributed by atoms with Gasteiger partial charge in [-0.1, -0.05) is 18.2 Å². The van der Waals surface area contributed by atoms with Gasteiger partial charge in [0.15, 0.2) is 0 Å². The van der Waals surface area contributed by atoms with E-state index in [2.05, 4.69) is 26.2 Å². The number of halogens is 3. The zero-order valence-electron chi connectivity index (χ0n) is 13.5. The maximum Gasteiger partial charge on any atom is 0.263 e. The molecule has 3 rings (SSSR count). The molecule has 1 aliphatic heterocycles. The highest BCUT2D eigenvalue weighted by molar-refractivity contribution is 9.10. The molecular formula is C17H15BrF2N4O2. The SMILES string of the molecule is N#C[C@@H]1CC(F)(F)CN1[C@@H](O)CNC(=O)c1c(Br)cnc2ccccc12. The molecule has 2 aromatic rings. The standard InChI is InChI=1S/C17H15BrF2N4O2/c18-12-7-22-13-4-2-1-3-11(13)15(12)16(26)23-8-14(25)24-9-17(19,20)5-10(24)6-21/h1-4,7,10,14,25H,5,8-9H2,(H,23,26)/t10-,14-/m0/s1. The van der Waals surface area contributed by atoms with Gasteiger partial charge in [0, 0.05) is 22.5 Å². The van der Waals surface area contributed by atoms with Crippen LogP contribution in [0, 0.1) is 11.3 Å². The van der Waals surface area contributed by atoms with Crippen molar-refractivity contribution in [2.24, 2.45) is 0 Å². The molecule has 26 heavy (non-hydrogen) atoms. The lowest BCUT2D eigenvalue weighted by atomic mass is 10.1. The van der Waals surface area contributed by atoms with Gasteiger partial charge in [0.2, 0.25) is 0 Å². The number of hydrogen-bond donors (Lipinski definition) is 2. The molecule has 2 heterocycles. The maximum atomic E-state index is 13.5. The Morgan fingerprint density at radius 3 is 3.00 bits per heavy atom. The van der Waals surface area contributed by atoms with Crippen LogP contribution in [-0.2, 0) is 0 Å². The predicted octanol–water partition coefficient (Wildman–Crippen LogP) is 2.28. The summed E-state index contributed by atoms with van der Waals surface area (Å²) in [4.78, 5) is 17.8. The quantitative estimate of drug-likeness (QED) is 0.785. The molecule has 1 fully saturated rings. The summed E-state index contributed by atoms with van der Waals surface area (Å²) in [5, 5.41) is 22.3. The van der Waals surface area contributed by atoms with E-state index in [1.54, 1.807) is 30.3 Å². The van der Waals surface area contributed by atoms with Gasteiger partial charge < -0.3 is 10.4 Å². The van der Waals surface area contributed by atoms with Crippen LogP contribution in [-0.4, -0.2) is 52.2 Å². The highest BCUT2D eigenvalue weighted by Crippen LogP contribution is 2.32. The van der Waals surface area contributed by atoms with Crippen molar-refractivity contribution in [1.82, 2.24) is 15.2 Å². The fourth-order valence-electron chi connectivity index (χ4n) is 3.01. The van der Waals surface area contributed by atoms with Gasteiger partial charge in [-0.05, 0) is 22.0 Å². The number of nitrogens with one attached hydrogen (secondary N) is 1. The molecule has 1 aromatic heterocycles. The molecule has 0 bridgehead atoms. The monoisotopic (exact) mass is 424 g/mol. The number of amides is 1.